The van der Waals surface area contributed by atoms with Crippen molar-refractivity contribution in [2.24, 2.45) is 0 Å². The van der Waals surface area contributed by atoms with Crippen LogP contribution in [-0.4, -0.2) is 38.8 Å². The third-order valence-electron chi connectivity index (χ3n) is 4.01. The van der Waals surface area contributed by atoms with Gasteiger partial charge in [0.25, 0.3) is 0 Å². The Hall–Kier alpha value is -0.610. The lowest BCUT2D eigenvalue weighted by Crippen LogP contribution is -2.34. The van der Waals surface area contributed by atoms with E-state index in [2.05, 4.69) is 37.2 Å². The lowest BCUT2D eigenvalue weighted by atomic mass is 9.84. The van der Waals surface area contributed by atoms with Crippen LogP contribution in [0.1, 0.15) is 36.3 Å². The summed E-state index contributed by atoms with van der Waals surface area (Å²) in [5.41, 5.74) is 4.08. The fraction of sp³-hybridized carbons (Fsp3) is 0.625. The predicted molar refractivity (Wildman–Crippen MR) is 84.6 cm³/mol. The van der Waals surface area contributed by atoms with E-state index in [1.165, 1.54) is 23.1 Å². The maximum Gasteiger partial charge on any atom is 0.183 e. The molecule has 2 rings (SSSR count). The summed E-state index contributed by atoms with van der Waals surface area (Å²) in [4.78, 5) is 2.32. The molecule has 2 atom stereocenters. The van der Waals surface area contributed by atoms with Crippen LogP contribution in [0.25, 0.3) is 0 Å². The molecular weight excluding hydrogens is 274 g/mol. The van der Waals surface area contributed by atoms with Crippen LogP contribution in [0.3, 0.4) is 0 Å². The van der Waals surface area contributed by atoms with Gasteiger partial charge in [-0.15, -0.1) is 12.4 Å². The molecular formula is C16H26ClNO2. The average Bonchev–Trinajstić information content (AvgIpc) is 2.43. The number of rotatable bonds is 5. The van der Waals surface area contributed by atoms with E-state index < -0.39 is 0 Å². The van der Waals surface area contributed by atoms with Crippen LogP contribution in [-0.2, 0) is 22.3 Å². The first kappa shape index (κ1) is 17.4. The summed E-state index contributed by atoms with van der Waals surface area (Å²) >= 11 is 0. The van der Waals surface area contributed by atoms with Crippen molar-refractivity contribution in [1.29, 1.82) is 0 Å². The molecule has 0 aromatic heterocycles. The lowest BCUT2D eigenvalue weighted by Gasteiger charge is -2.32. The number of halogens is 1. The number of hydrogen-bond donors (Lipinski definition) is 0. The van der Waals surface area contributed by atoms with E-state index in [4.69, 9.17) is 9.47 Å². The minimum Gasteiger partial charge on any atom is -0.352 e. The molecule has 1 aliphatic rings. The first-order valence-corrected chi connectivity index (χ1v) is 7.08. The smallest absolute Gasteiger partial charge is 0.183 e. The molecule has 0 heterocycles. The Labute approximate surface area is 128 Å². The van der Waals surface area contributed by atoms with Crippen molar-refractivity contribution >= 4 is 12.4 Å². The Balaban J connectivity index is 0.00000200. The van der Waals surface area contributed by atoms with Crippen LogP contribution in [0.2, 0.25) is 0 Å². The van der Waals surface area contributed by atoms with Crippen molar-refractivity contribution in [2.75, 3.05) is 27.8 Å². The standard InChI is InChI=1S/C16H25NO2.ClH/c1-5-19-16(18-4)14-8-6-7-12-9-10-13(17(2)3)11-15(12)14;/h6-8,13,16H,5,9-11H2,1-4H3;1H/t13?,16-;/m1./s1. The van der Waals surface area contributed by atoms with Crippen molar-refractivity contribution in [2.45, 2.75) is 38.5 Å². The van der Waals surface area contributed by atoms with Crippen molar-refractivity contribution in [1.82, 2.24) is 4.90 Å². The van der Waals surface area contributed by atoms with Gasteiger partial charge in [0.2, 0.25) is 0 Å². The van der Waals surface area contributed by atoms with Gasteiger partial charge in [-0.3, -0.25) is 0 Å². The third kappa shape index (κ3) is 3.73. The molecule has 4 heteroatoms. The Morgan fingerprint density at radius 2 is 2.10 bits per heavy atom. The molecule has 0 N–H and O–H groups in total. The maximum atomic E-state index is 5.70. The van der Waals surface area contributed by atoms with Gasteiger partial charge >= 0.3 is 0 Å². The van der Waals surface area contributed by atoms with Gasteiger partial charge in [0.05, 0.1) is 0 Å². The zero-order chi connectivity index (χ0) is 13.8. The Kier molecular flexibility index (Phi) is 6.96. The second kappa shape index (κ2) is 7.99. The molecule has 1 aliphatic carbocycles. The normalized spacial score (nSPS) is 19.4. The summed E-state index contributed by atoms with van der Waals surface area (Å²) in [5, 5.41) is 0. The second-order valence-electron chi connectivity index (χ2n) is 5.37. The number of nitrogens with zero attached hydrogens (tertiary/aromatic N) is 1. The minimum atomic E-state index is -0.235. The topological polar surface area (TPSA) is 21.7 Å². The zero-order valence-electron chi connectivity index (χ0n) is 12.9. The lowest BCUT2D eigenvalue weighted by molar-refractivity contribution is -0.124. The molecule has 1 aromatic carbocycles. The van der Waals surface area contributed by atoms with E-state index in [1.54, 1.807) is 7.11 Å². The quantitative estimate of drug-likeness (QED) is 0.779. The molecule has 1 unspecified atom stereocenters. The summed E-state index contributed by atoms with van der Waals surface area (Å²) in [6, 6.07) is 7.12. The molecule has 0 fully saturated rings. The zero-order valence-corrected chi connectivity index (χ0v) is 13.7. The van der Waals surface area contributed by atoms with Crippen molar-refractivity contribution in [3.05, 3.63) is 34.9 Å². The van der Waals surface area contributed by atoms with Gasteiger partial charge in [-0.25, -0.2) is 0 Å². The average molecular weight is 300 g/mol. The summed E-state index contributed by atoms with van der Waals surface area (Å²) in [7, 11) is 6.04. The van der Waals surface area contributed by atoms with Crippen LogP contribution < -0.4 is 0 Å². The van der Waals surface area contributed by atoms with E-state index in [0.29, 0.717) is 12.6 Å². The van der Waals surface area contributed by atoms with Gasteiger partial charge in [-0.1, -0.05) is 18.2 Å². The Morgan fingerprint density at radius 1 is 1.35 bits per heavy atom. The largest absolute Gasteiger partial charge is 0.352 e. The first-order valence-electron chi connectivity index (χ1n) is 7.08. The number of aryl methyl sites for hydroxylation is 1. The molecule has 0 spiro atoms. The number of fused-ring (bicyclic) bond motifs is 1. The summed E-state index contributed by atoms with van der Waals surface area (Å²) in [5.74, 6) is 0. The van der Waals surface area contributed by atoms with Gasteiger partial charge in [0.1, 0.15) is 0 Å². The highest BCUT2D eigenvalue weighted by Crippen LogP contribution is 2.31. The fourth-order valence-electron chi connectivity index (χ4n) is 2.90. The summed E-state index contributed by atoms with van der Waals surface area (Å²) in [6.45, 7) is 2.67. The number of hydrogen-bond acceptors (Lipinski definition) is 3. The van der Waals surface area contributed by atoms with Crippen molar-refractivity contribution in [3.8, 4) is 0 Å². The number of ether oxygens (including phenoxy) is 2. The van der Waals surface area contributed by atoms with Gasteiger partial charge < -0.3 is 14.4 Å². The fourth-order valence-corrected chi connectivity index (χ4v) is 2.90. The van der Waals surface area contributed by atoms with E-state index in [-0.39, 0.29) is 18.7 Å². The number of benzene rings is 1. The van der Waals surface area contributed by atoms with Crippen LogP contribution in [0, 0.1) is 0 Å². The monoisotopic (exact) mass is 299 g/mol. The second-order valence-corrected chi connectivity index (χ2v) is 5.37. The van der Waals surface area contributed by atoms with E-state index >= 15 is 0 Å². The summed E-state index contributed by atoms with van der Waals surface area (Å²) < 4.78 is 11.2. The van der Waals surface area contributed by atoms with Crippen LogP contribution in [0.5, 0.6) is 0 Å². The highest BCUT2D eigenvalue weighted by Gasteiger charge is 2.25. The first-order chi connectivity index (χ1) is 9.17. The molecule has 1 aromatic rings. The van der Waals surface area contributed by atoms with Gasteiger partial charge in [-0.05, 0) is 51.4 Å². The maximum absolute atomic E-state index is 5.70. The number of likely N-dealkylation sites (N-methyl/N-ethyl adjacent to an activating group) is 1. The van der Waals surface area contributed by atoms with Gasteiger partial charge in [0.15, 0.2) is 6.29 Å². The van der Waals surface area contributed by atoms with Crippen molar-refractivity contribution < 1.29 is 9.47 Å². The third-order valence-corrected chi connectivity index (χ3v) is 4.01. The van der Waals surface area contributed by atoms with Crippen LogP contribution in [0.4, 0.5) is 0 Å². The highest BCUT2D eigenvalue weighted by molar-refractivity contribution is 5.85. The molecule has 0 aliphatic heterocycles. The van der Waals surface area contributed by atoms with E-state index in [1.807, 2.05) is 6.92 Å². The van der Waals surface area contributed by atoms with Gasteiger partial charge in [0, 0.05) is 25.3 Å². The molecule has 0 saturated heterocycles. The van der Waals surface area contributed by atoms with Crippen LogP contribution >= 0.6 is 12.4 Å². The molecule has 114 valence electrons. The van der Waals surface area contributed by atoms with Gasteiger partial charge in [-0.2, -0.15) is 0 Å². The SMILES string of the molecule is CCO[C@@H](OC)c1cccc2c1CC(N(C)C)CC2.Cl. The predicted octanol–water partition coefficient (Wildman–Crippen LogP) is 3.21. The summed E-state index contributed by atoms with van der Waals surface area (Å²) in [6.07, 6.45) is 3.23. The molecule has 0 radical (unpaired) electrons. The van der Waals surface area contributed by atoms with Crippen molar-refractivity contribution in [3.63, 3.8) is 0 Å². The Morgan fingerprint density at radius 3 is 2.70 bits per heavy atom. The highest BCUT2D eigenvalue weighted by atomic mass is 35.5. The Bertz CT molecular complexity index is 423. The number of methoxy groups -OCH3 is 1. The molecule has 0 saturated carbocycles. The molecule has 0 amide bonds. The van der Waals surface area contributed by atoms with E-state index in [9.17, 15) is 0 Å². The minimum absolute atomic E-state index is 0. The van der Waals surface area contributed by atoms with Crippen LogP contribution in [0.15, 0.2) is 18.2 Å². The van der Waals surface area contributed by atoms with E-state index in [0.717, 1.165) is 12.8 Å². The molecule has 20 heavy (non-hydrogen) atoms. The molecule has 0 bridgehead atoms. The molecule has 3 nitrogen and oxygen atoms in total.